The average molecular weight is 515 g/mol. The molecule has 0 saturated carbocycles. The first-order valence-corrected chi connectivity index (χ1v) is 12.8. The number of aryl methyl sites for hydroxylation is 2. The topological polar surface area (TPSA) is 73.8 Å². The molecule has 0 N–H and O–H groups in total. The van der Waals surface area contributed by atoms with Crippen LogP contribution in [0.25, 0.3) is 32.6 Å². The van der Waals surface area contributed by atoms with E-state index in [0.717, 1.165) is 55.8 Å². The number of carbonyl (C=O) groups excluding carboxylic acids is 2. The van der Waals surface area contributed by atoms with Crippen molar-refractivity contribution >= 4 is 50.0 Å². The molecule has 0 radical (unpaired) electrons. The molecule has 0 aliphatic rings. The zero-order chi connectivity index (χ0) is 27.1. The molecule has 2 aromatic heterocycles. The molecule has 0 unspecified atom stereocenters. The number of rotatable bonds is 6. The largest absolute Gasteiger partial charge is 0.472 e. The molecule has 39 heavy (non-hydrogen) atoms. The highest BCUT2D eigenvalue weighted by Crippen LogP contribution is 2.37. The molecule has 0 amide bonds. The number of oxime groups is 1. The normalized spacial score (nSPS) is 11.9. The van der Waals surface area contributed by atoms with Crippen LogP contribution in [0, 0.1) is 6.92 Å². The standard InChI is InChI=1S/C33H26N2O4/c1-4-35-30-14-13-22(31(34-39-21(3)36)24-10-6-5-9-20(24)2)17-27(30)28-18-29(33(37)23-15-16-38-19-23)25-11-7-8-12-26(25)32(28)35/h5-19H,4H2,1-3H3/b34-31-. The molecule has 6 aromatic rings. The minimum Gasteiger partial charge on any atom is -0.472 e. The molecule has 6 nitrogen and oxygen atoms in total. The summed E-state index contributed by atoms with van der Waals surface area (Å²) in [6.45, 7) is 6.21. The summed E-state index contributed by atoms with van der Waals surface area (Å²) in [4.78, 5) is 30.4. The summed E-state index contributed by atoms with van der Waals surface area (Å²) >= 11 is 0. The van der Waals surface area contributed by atoms with E-state index in [0.29, 0.717) is 16.8 Å². The number of aromatic nitrogens is 1. The highest BCUT2D eigenvalue weighted by atomic mass is 16.7. The predicted octanol–water partition coefficient (Wildman–Crippen LogP) is 7.42. The van der Waals surface area contributed by atoms with E-state index < -0.39 is 5.97 Å². The first-order chi connectivity index (χ1) is 19.0. The van der Waals surface area contributed by atoms with Crippen molar-refractivity contribution in [2.75, 3.05) is 0 Å². The van der Waals surface area contributed by atoms with E-state index >= 15 is 0 Å². The van der Waals surface area contributed by atoms with Crippen molar-refractivity contribution in [3.63, 3.8) is 0 Å². The molecule has 0 saturated heterocycles. The van der Waals surface area contributed by atoms with Crippen LogP contribution in [0.2, 0.25) is 0 Å². The van der Waals surface area contributed by atoms with Crippen LogP contribution < -0.4 is 0 Å². The van der Waals surface area contributed by atoms with Crippen molar-refractivity contribution in [2.45, 2.75) is 27.3 Å². The average Bonchev–Trinajstić information content (AvgIpc) is 3.60. The van der Waals surface area contributed by atoms with Gasteiger partial charge in [0.2, 0.25) is 0 Å². The summed E-state index contributed by atoms with van der Waals surface area (Å²) in [6.07, 6.45) is 2.99. The van der Waals surface area contributed by atoms with Crippen molar-refractivity contribution in [1.82, 2.24) is 4.57 Å². The van der Waals surface area contributed by atoms with Crippen LogP contribution in [0.4, 0.5) is 0 Å². The second-order valence-electron chi connectivity index (χ2n) is 9.52. The maximum Gasteiger partial charge on any atom is 0.332 e. The third-order valence-corrected chi connectivity index (χ3v) is 7.15. The molecule has 6 rings (SSSR count). The number of furan rings is 1. The molecular formula is C33H26N2O4. The van der Waals surface area contributed by atoms with Gasteiger partial charge in [-0.25, -0.2) is 4.79 Å². The maximum absolute atomic E-state index is 13.6. The molecule has 0 fully saturated rings. The summed E-state index contributed by atoms with van der Waals surface area (Å²) < 4.78 is 7.49. The Morgan fingerprint density at radius 2 is 1.62 bits per heavy atom. The molecule has 0 spiro atoms. The lowest BCUT2D eigenvalue weighted by Gasteiger charge is -2.10. The summed E-state index contributed by atoms with van der Waals surface area (Å²) in [5, 5.41) is 8.12. The molecular weight excluding hydrogens is 488 g/mol. The highest BCUT2D eigenvalue weighted by Gasteiger charge is 2.21. The van der Waals surface area contributed by atoms with E-state index in [9.17, 15) is 9.59 Å². The summed E-state index contributed by atoms with van der Waals surface area (Å²) in [6, 6.07) is 25.7. The lowest BCUT2D eigenvalue weighted by molar-refractivity contribution is -0.140. The second-order valence-corrected chi connectivity index (χ2v) is 9.52. The van der Waals surface area contributed by atoms with Crippen LogP contribution >= 0.6 is 0 Å². The van der Waals surface area contributed by atoms with Gasteiger partial charge in [0.15, 0.2) is 5.78 Å². The first-order valence-electron chi connectivity index (χ1n) is 12.8. The number of nitrogens with zero attached hydrogens (tertiary/aromatic N) is 2. The van der Waals surface area contributed by atoms with E-state index in [1.807, 2.05) is 61.5 Å². The van der Waals surface area contributed by atoms with Gasteiger partial charge in [0, 0.05) is 51.8 Å². The Kier molecular flexibility index (Phi) is 6.08. The zero-order valence-corrected chi connectivity index (χ0v) is 21.9. The molecule has 2 heterocycles. The molecule has 0 atom stereocenters. The Morgan fingerprint density at radius 1 is 0.846 bits per heavy atom. The first kappa shape index (κ1) is 24.4. The Hall–Kier alpha value is -4.97. The van der Waals surface area contributed by atoms with Gasteiger partial charge < -0.3 is 13.8 Å². The number of carbonyl (C=O) groups is 2. The minimum absolute atomic E-state index is 0.0903. The Balaban J connectivity index is 1.67. The van der Waals surface area contributed by atoms with Crippen LogP contribution in [0.3, 0.4) is 0 Å². The van der Waals surface area contributed by atoms with Gasteiger partial charge in [0.25, 0.3) is 0 Å². The molecule has 4 aromatic carbocycles. The molecule has 0 aliphatic carbocycles. The number of benzene rings is 4. The third kappa shape index (κ3) is 4.10. The quantitative estimate of drug-likeness (QED) is 0.100. The molecule has 0 bridgehead atoms. The number of hydrogen-bond acceptors (Lipinski definition) is 5. The van der Waals surface area contributed by atoms with Crippen molar-refractivity contribution in [3.05, 3.63) is 119 Å². The van der Waals surface area contributed by atoms with Crippen LogP contribution in [0.15, 0.2) is 101 Å². The number of fused-ring (bicyclic) bond motifs is 5. The Bertz CT molecular complexity index is 1930. The molecule has 0 aliphatic heterocycles. The van der Waals surface area contributed by atoms with E-state index in [1.54, 1.807) is 6.07 Å². The zero-order valence-electron chi connectivity index (χ0n) is 21.9. The van der Waals surface area contributed by atoms with E-state index in [-0.39, 0.29) is 5.78 Å². The minimum atomic E-state index is -0.487. The van der Waals surface area contributed by atoms with E-state index in [2.05, 4.69) is 34.8 Å². The number of hydrogen-bond donors (Lipinski definition) is 0. The van der Waals surface area contributed by atoms with Crippen LogP contribution in [-0.2, 0) is 16.2 Å². The fourth-order valence-electron chi connectivity index (χ4n) is 5.38. The van der Waals surface area contributed by atoms with Crippen molar-refractivity contribution in [3.8, 4) is 0 Å². The smallest absolute Gasteiger partial charge is 0.332 e. The van der Waals surface area contributed by atoms with E-state index in [4.69, 9.17) is 9.25 Å². The van der Waals surface area contributed by atoms with Gasteiger partial charge in [-0.3, -0.25) is 4.79 Å². The van der Waals surface area contributed by atoms with Crippen molar-refractivity contribution in [2.24, 2.45) is 5.16 Å². The van der Waals surface area contributed by atoms with Gasteiger partial charge in [0.05, 0.1) is 17.3 Å². The Labute approximate surface area is 225 Å². The third-order valence-electron chi connectivity index (χ3n) is 7.15. The monoisotopic (exact) mass is 514 g/mol. The fourth-order valence-corrected chi connectivity index (χ4v) is 5.38. The molecule has 6 heteroatoms. The maximum atomic E-state index is 13.6. The lowest BCUT2D eigenvalue weighted by Crippen LogP contribution is -2.08. The molecule has 192 valence electrons. The van der Waals surface area contributed by atoms with Crippen LogP contribution in [-0.4, -0.2) is 22.0 Å². The van der Waals surface area contributed by atoms with E-state index in [1.165, 1.54) is 19.5 Å². The summed E-state index contributed by atoms with van der Waals surface area (Å²) in [5.41, 5.74) is 6.51. The lowest BCUT2D eigenvalue weighted by atomic mass is 9.94. The van der Waals surface area contributed by atoms with Gasteiger partial charge in [-0.2, -0.15) is 0 Å². The summed E-state index contributed by atoms with van der Waals surface area (Å²) in [7, 11) is 0. The predicted molar refractivity (Wildman–Crippen MR) is 153 cm³/mol. The van der Waals surface area contributed by atoms with Gasteiger partial charge in [-0.15, -0.1) is 0 Å². The van der Waals surface area contributed by atoms with Crippen molar-refractivity contribution < 1.29 is 18.8 Å². The van der Waals surface area contributed by atoms with Gasteiger partial charge in [0.1, 0.15) is 12.0 Å². The van der Waals surface area contributed by atoms with Crippen molar-refractivity contribution in [1.29, 1.82) is 0 Å². The van der Waals surface area contributed by atoms with Gasteiger partial charge in [-0.05, 0) is 49.1 Å². The van der Waals surface area contributed by atoms with Crippen LogP contribution in [0.1, 0.15) is 46.5 Å². The summed E-state index contributed by atoms with van der Waals surface area (Å²) in [5.74, 6) is -0.578. The second kappa shape index (κ2) is 9.72. The number of ketones is 1. The van der Waals surface area contributed by atoms with Gasteiger partial charge >= 0.3 is 5.97 Å². The highest BCUT2D eigenvalue weighted by molar-refractivity contribution is 6.26. The Morgan fingerprint density at radius 3 is 2.33 bits per heavy atom. The van der Waals surface area contributed by atoms with Gasteiger partial charge in [-0.1, -0.05) is 59.8 Å². The van der Waals surface area contributed by atoms with Crippen LogP contribution in [0.5, 0.6) is 0 Å². The fraction of sp³-hybridized carbons (Fsp3) is 0.121. The SMILES string of the molecule is CCn1c2ccc(/C(=N/OC(C)=O)c3ccccc3C)cc2c2cc(C(=O)c3ccoc3)c3ccccc3c21.